The van der Waals surface area contributed by atoms with E-state index in [2.05, 4.69) is 163 Å². The molecule has 4 aliphatic carbocycles. The largest absolute Gasteiger partial charge is 0.494 e. The molecule has 0 spiro atoms. The number of benzene rings is 2. The number of fused-ring (bicyclic) bond motifs is 4. The van der Waals surface area contributed by atoms with Crippen LogP contribution < -0.4 is 9.64 Å². The van der Waals surface area contributed by atoms with Gasteiger partial charge in [0, 0.05) is 24.0 Å². The molecule has 3 nitrogen and oxygen atoms in total. The molecule has 0 heterocycles. The highest BCUT2D eigenvalue weighted by molar-refractivity contribution is 6.13. The summed E-state index contributed by atoms with van der Waals surface area (Å²) in [6.45, 7) is 22.8. The Morgan fingerprint density at radius 3 is 2.02 bits per heavy atom. The summed E-state index contributed by atoms with van der Waals surface area (Å²) in [4.78, 5) is 2.36. The van der Waals surface area contributed by atoms with Crippen molar-refractivity contribution in [2.45, 2.75) is 88.5 Å². The van der Waals surface area contributed by atoms with Gasteiger partial charge in [0.2, 0.25) is 0 Å². The fraction of sp³-hybridized carbons (Fsp3) is 0.294. The first-order chi connectivity index (χ1) is 26.4. The molecule has 2 aromatic rings. The molecule has 6 rings (SSSR count). The Morgan fingerprint density at radius 1 is 0.741 bits per heavy atom. The minimum atomic E-state index is 0.638. The third kappa shape index (κ3) is 7.90. The van der Waals surface area contributed by atoms with Gasteiger partial charge in [0.15, 0.2) is 0 Å². The molecule has 0 bridgehead atoms. The molecule has 0 saturated heterocycles. The van der Waals surface area contributed by atoms with Crippen LogP contribution in [0.25, 0.3) is 22.3 Å². The second-order valence-electron chi connectivity index (χ2n) is 12.9. The SMILES string of the molecule is C#C.C/C=C\C1=C(CC)C(=C\C)/c2c(C)c3c(c(C)c21)C(/C=C\C)=C1/C3=CC=CC/C1=C\N(C1=CC=C(OCC)C=CC1)c1ccc(OCC)cc1.CC. The van der Waals surface area contributed by atoms with Crippen LogP contribution in [0.4, 0.5) is 5.69 Å². The Morgan fingerprint density at radius 2 is 1.39 bits per heavy atom. The lowest BCUT2D eigenvalue weighted by Crippen LogP contribution is -2.16. The van der Waals surface area contributed by atoms with Crippen molar-refractivity contribution in [3.05, 3.63) is 165 Å². The van der Waals surface area contributed by atoms with Gasteiger partial charge in [-0.15, -0.1) is 12.8 Å². The van der Waals surface area contributed by atoms with E-state index < -0.39 is 0 Å². The summed E-state index contributed by atoms with van der Waals surface area (Å²) in [5.41, 5.74) is 19.9. The number of rotatable bonds is 10. The van der Waals surface area contributed by atoms with E-state index >= 15 is 0 Å². The van der Waals surface area contributed by atoms with Crippen LogP contribution in [0.15, 0.2) is 132 Å². The molecule has 3 heteroatoms. The summed E-state index contributed by atoms with van der Waals surface area (Å²) in [6, 6.07) is 8.47. The molecule has 0 aliphatic heterocycles. The van der Waals surface area contributed by atoms with E-state index in [0.717, 1.165) is 36.5 Å². The van der Waals surface area contributed by atoms with Gasteiger partial charge in [0.25, 0.3) is 0 Å². The van der Waals surface area contributed by atoms with E-state index in [9.17, 15) is 0 Å². The molecule has 2 aromatic carbocycles. The normalized spacial score (nSPS) is 17.2. The van der Waals surface area contributed by atoms with Crippen molar-refractivity contribution in [1.29, 1.82) is 0 Å². The molecule has 280 valence electrons. The second-order valence-corrected chi connectivity index (χ2v) is 12.9. The number of anilines is 1. The molecular formula is C51H59NO2. The first-order valence-corrected chi connectivity index (χ1v) is 19.6. The Kier molecular flexibility index (Phi) is 15.0. The average Bonchev–Trinajstić information content (AvgIpc) is 3.46. The van der Waals surface area contributed by atoms with Crippen molar-refractivity contribution >= 4 is 28.0 Å². The highest BCUT2D eigenvalue weighted by Crippen LogP contribution is 2.56. The van der Waals surface area contributed by atoms with Gasteiger partial charge in [-0.3, -0.25) is 0 Å². The number of terminal acetylenes is 1. The van der Waals surface area contributed by atoms with E-state index in [1.54, 1.807) is 0 Å². The Hall–Kier alpha value is -5.46. The van der Waals surface area contributed by atoms with Crippen LogP contribution in [0.2, 0.25) is 0 Å². The summed E-state index contributed by atoms with van der Waals surface area (Å²) in [6.07, 6.45) is 39.8. The van der Waals surface area contributed by atoms with Crippen molar-refractivity contribution in [2.24, 2.45) is 0 Å². The van der Waals surface area contributed by atoms with Gasteiger partial charge in [-0.1, -0.05) is 75.5 Å². The van der Waals surface area contributed by atoms with Crippen LogP contribution >= 0.6 is 0 Å². The van der Waals surface area contributed by atoms with E-state index in [1.807, 2.05) is 27.7 Å². The number of allylic oxidation sites excluding steroid dienone is 19. The molecule has 4 aliphatic rings. The lowest BCUT2D eigenvalue weighted by atomic mass is 9.84. The highest BCUT2D eigenvalue weighted by atomic mass is 16.5. The number of nitrogens with zero attached hydrogens (tertiary/aromatic N) is 1. The van der Waals surface area contributed by atoms with Gasteiger partial charge in [0.1, 0.15) is 11.5 Å². The van der Waals surface area contributed by atoms with Gasteiger partial charge in [-0.25, -0.2) is 0 Å². The predicted octanol–water partition coefficient (Wildman–Crippen LogP) is 14.0. The number of hydrogen-bond donors (Lipinski definition) is 0. The van der Waals surface area contributed by atoms with Crippen LogP contribution in [-0.2, 0) is 4.74 Å². The maximum Gasteiger partial charge on any atom is 0.119 e. The van der Waals surface area contributed by atoms with Crippen LogP contribution in [0.5, 0.6) is 5.75 Å². The van der Waals surface area contributed by atoms with Gasteiger partial charge in [-0.05, 0) is 176 Å². The first-order valence-electron chi connectivity index (χ1n) is 19.6. The quantitative estimate of drug-likeness (QED) is 0.228. The van der Waals surface area contributed by atoms with E-state index in [1.165, 1.54) is 78.1 Å². The molecule has 0 amide bonds. The maximum absolute atomic E-state index is 5.88. The summed E-state index contributed by atoms with van der Waals surface area (Å²) < 4.78 is 11.7. The van der Waals surface area contributed by atoms with Gasteiger partial charge in [-0.2, -0.15) is 0 Å². The topological polar surface area (TPSA) is 21.7 Å². The Bertz CT molecular complexity index is 2070. The minimum Gasteiger partial charge on any atom is -0.494 e. The maximum atomic E-state index is 5.88. The molecule has 54 heavy (non-hydrogen) atoms. The van der Waals surface area contributed by atoms with Crippen molar-refractivity contribution in [1.82, 2.24) is 0 Å². The zero-order valence-corrected chi connectivity index (χ0v) is 34.3. The van der Waals surface area contributed by atoms with E-state index in [4.69, 9.17) is 9.47 Å². The fourth-order valence-electron chi connectivity index (χ4n) is 8.05. The summed E-state index contributed by atoms with van der Waals surface area (Å²) in [5.74, 6) is 1.76. The number of hydrogen-bond acceptors (Lipinski definition) is 3. The Balaban J connectivity index is 0.00000157. The Labute approximate surface area is 326 Å². The third-order valence-corrected chi connectivity index (χ3v) is 10.0. The molecule has 0 aromatic heterocycles. The predicted molar refractivity (Wildman–Crippen MR) is 236 cm³/mol. The highest BCUT2D eigenvalue weighted by Gasteiger charge is 2.37. The van der Waals surface area contributed by atoms with Gasteiger partial charge >= 0.3 is 0 Å². The van der Waals surface area contributed by atoms with Crippen molar-refractivity contribution in [2.75, 3.05) is 18.1 Å². The van der Waals surface area contributed by atoms with Crippen molar-refractivity contribution < 1.29 is 9.47 Å². The fourth-order valence-corrected chi connectivity index (χ4v) is 8.05. The second kappa shape index (κ2) is 19.6. The molecule has 0 atom stereocenters. The zero-order chi connectivity index (χ0) is 39.4. The van der Waals surface area contributed by atoms with Crippen molar-refractivity contribution in [3.8, 4) is 18.6 Å². The molecule has 0 unspecified atom stereocenters. The molecule has 0 N–H and O–H groups in total. The lowest BCUT2D eigenvalue weighted by molar-refractivity contribution is 0.242. The lowest BCUT2D eigenvalue weighted by Gasteiger charge is -2.26. The first kappa shape index (κ1) is 41.3. The zero-order valence-electron chi connectivity index (χ0n) is 34.3. The van der Waals surface area contributed by atoms with E-state index in [-0.39, 0.29) is 0 Å². The third-order valence-electron chi connectivity index (χ3n) is 10.0. The van der Waals surface area contributed by atoms with Crippen LogP contribution in [-0.4, -0.2) is 13.2 Å². The standard InChI is InChI=1S/C47H51NO2.C2H6.C2H2/c1-9-18-40-38(11-3)39(12-4)43-31(7)46-42-23-16-15-20-33(47(42)41(19-10-2)45(46)32(8)44(40)43)30-48(35-25-28-37(29-26-35)50-14-6)34-21-17-22-36(27-24-34)49-13-5;2*1-2/h9-10,12,15-19,22-30H,11,13-14,20-21H2,1-8H3;1-2H3;1-2H/b18-9-,19-10-,33-30+,39-12+;;. The molecular weight excluding hydrogens is 659 g/mol. The van der Waals surface area contributed by atoms with Gasteiger partial charge < -0.3 is 14.4 Å². The smallest absolute Gasteiger partial charge is 0.119 e. The monoisotopic (exact) mass is 717 g/mol. The molecule has 0 fully saturated rings. The summed E-state index contributed by atoms with van der Waals surface area (Å²) in [7, 11) is 0. The summed E-state index contributed by atoms with van der Waals surface area (Å²) >= 11 is 0. The van der Waals surface area contributed by atoms with Crippen molar-refractivity contribution in [3.63, 3.8) is 0 Å². The summed E-state index contributed by atoms with van der Waals surface area (Å²) in [5, 5.41) is 0. The van der Waals surface area contributed by atoms with Gasteiger partial charge in [0.05, 0.1) is 13.2 Å². The molecule has 0 saturated carbocycles. The molecule has 0 radical (unpaired) electrons. The average molecular weight is 718 g/mol. The minimum absolute atomic E-state index is 0.638. The van der Waals surface area contributed by atoms with E-state index in [0.29, 0.717) is 13.2 Å². The van der Waals surface area contributed by atoms with Crippen LogP contribution in [0.3, 0.4) is 0 Å². The van der Waals surface area contributed by atoms with Crippen LogP contribution in [0.1, 0.15) is 108 Å². The van der Waals surface area contributed by atoms with Crippen LogP contribution in [0, 0.1) is 26.7 Å². The number of ether oxygens (including phenoxy) is 2.